The highest BCUT2D eigenvalue weighted by Crippen LogP contribution is 2.19. The number of rotatable bonds is 9. The molecule has 3 unspecified atom stereocenters. The first-order chi connectivity index (χ1) is 8.71. The van der Waals surface area contributed by atoms with Gasteiger partial charge in [0.25, 0.3) is 0 Å². The second-order valence-corrected chi connectivity index (χ2v) is 6.10. The van der Waals surface area contributed by atoms with Crippen LogP contribution in [0.15, 0.2) is 0 Å². The SMILES string of the molecule is CCCN(CC1CCCN1)C(CC)CC(C)CC. The third-order valence-corrected chi connectivity index (χ3v) is 4.49. The van der Waals surface area contributed by atoms with Gasteiger partial charge in [-0.15, -0.1) is 0 Å². The van der Waals surface area contributed by atoms with Crippen LogP contribution in [-0.4, -0.2) is 36.6 Å². The summed E-state index contributed by atoms with van der Waals surface area (Å²) in [6.45, 7) is 13.2. The van der Waals surface area contributed by atoms with Gasteiger partial charge in [0.05, 0.1) is 0 Å². The molecule has 0 aromatic heterocycles. The fourth-order valence-electron chi connectivity index (χ4n) is 3.11. The lowest BCUT2D eigenvalue weighted by molar-refractivity contribution is 0.151. The van der Waals surface area contributed by atoms with Gasteiger partial charge in [-0.25, -0.2) is 0 Å². The van der Waals surface area contributed by atoms with E-state index in [2.05, 4.69) is 37.9 Å². The molecule has 0 aliphatic carbocycles. The van der Waals surface area contributed by atoms with Crippen molar-refractivity contribution in [3.63, 3.8) is 0 Å². The first-order valence-corrected chi connectivity index (χ1v) is 8.18. The third kappa shape index (κ3) is 5.27. The molecule has 3 atom stereocenters. The summed E-state index contributed by atoms with van der Waals surface area (Å²) in [7, 11) is 0. The van der Waals surface area contributed by atoms with Crippen LogP contribution in [0.4, 0.5) is 0 Å². The van der Waals surface area contributed by atoms with E-state index in [0.29, 0.717) is 0 Å². The molecule has 0 radical (unpaired) electrons. The Morgan fingerprint density at radius 2 is 2.00 bits per heavy atom. The van der Waals surface area contributed by atoms with Crippen molar-refractivity contribution in [3.8, 4) is 0 Å². The van der Waals surface area contributed by atoms with Crippen LogP contribution in [0.2, 0.25) is 0 Å². The summed E-state index contributed by atoms with van der Waals surface area (Å²) in [5, 5.41) is 3.65. The largest absolute Gasteiger partial charge is 0.313 e. The number of hydrogen-bond acceptors (Lipinski definition) is 2. The minimum absolute atomic E-state index is 0.752. The lowest BCUT2D eigenvalue weighted by atomic mass is 9.96. The first kappa shape index (κ1) is 16.0. The molecule has 1 aliphatic heterocycles. The van der Waals surface area contributed by atoms with Gasteiger partial charge in [0.2, 0.25) is 0 Å². The highest BCUT2D eigenvalue weighted by Gasteiger charge is 2.23. The van der Waals surface area contributed by atoms with Crippen LogP contribution in [0.3, 0.4) is 0 Å². The smallest absolute Gasteiger partial charge is 0.0195 e. The summed E-state index contributed by atoms with van der Waals surface area (Å²) in [5.41, 5.74) is 0. The Bertz CT molecular complexity index is 199. The lowest BCUT2D eigenvalue weighted by Gasteiger charge is -2.34. The molecule has 1 rings (SSSR count). The van der Waals surface area contributed by atoms with Crippen molar-refractivity contribution < 1.29 is 0 Å². The highest BCUT2D eigenvalue weighted by molar-refractivity contribution is 4.81. The van der Waals surface area contributed by atoms with Gasteiger partial charge in [-0.1, -0.05) is 34.1 Å². The summed E-state index contributed by atoms with van der Waals surface area (Å²) in [4.78, 5) is 2.76. The van der Waals surface area contributed by atoms with Crippen LogP contribution >= 0.6 is 0 Å². The summed E-state index contributed by atoms with van der Waals surface area (Å²) >= 11 is 0. The Labute approximate surface area is 115 Å². The molecule has 108 valence electrons. The second-order valence-electron chi connectivity index (χ2n) is 6.10. The zero-order chi connectivity index (χ0) is 13.4. The van der Waals surface area contributed by atoms with Crippen molar-refractivity contribution in [3.05, 3.63) is 0 Å². The Kier molecular flexibility index (Phi) is 7.92. The summed E-state index contributed by atoms with van der Waals surface area (Å²) in [6.07, 6.45) is 8.02. The van der Waals surface area contributed by atoms with Gasteiger partial charge in [0.1, 0.15) is 0 Å². The molecule has 1 N–H and O–H groups in total. The molecule has 0 aromatic carbocycles. The van der Waals surface area contributed by atoms with Crippen LogP contribution in [0.25, 0.3) is 0 Å². The Balaban J connectivity index is 2.49. The van der Waals surface area contributed by atoms with Crippen molar-refractivity contribution >= 4 is 0 Å². The highest BCUT2D eigenvalue weighted by atomic mass is 15.2. The second kappa shape index (κ2) is 8.92. The molecule has 0 spiro atoms. The Morgan fingerprint density at radius 1 is 1.22 bits per heavy atom. The molecule has 2 nitrogen and oxygen atoms in total. The molecule has 0 bridgehead atoms. The maximum absolute atomic E-state index is 3.65. The van der Waals surface area contributed by atoms with Crippen LogP contribution in [0.1, 0.15) is 66.2 Å². The maximum Gasteiger partial charge on any atom is 0.0195 e. The van der Waals surface area contributed by atoms with Crippen LogP contribution in [0, 0.1) is 5.92 Å². The number of nitrogens with zero attached hydrogens (tertiary/aromatic N) is 1. The first-order valence-electron chi connectivity index (χ1n) is 8.18. The normalized spacial score (nSPS) is 23.5. The van der Waals surface area contributed by atoms with E-state index >= 15 is 0 Å². The van der Waals surface area contributed by atoms with E-state index in [1.165, 1.54) is 58.2 Å². The predicted octanol–water partition coefficient (Wildman–Crippen LogP) is 3.67. The van der Waals surface area contributed by atoms with Crippen LogP contribution in [0.5, 0.6) is 0 Å². The van der Waals surface area contributed by atoms with E-state index in [9.17, 15) is 0 Å². The van der Waals surface area contributed by atoms with Gasteiger partial charge in [-0.3, -0.25) is 4.90 Å². The Morgan fingerprint density at radius 3 is 2.50 bits per heavy atom. The molecule has 1 saturated heterocycles. The third-order valence-electron chi connectivity index (χ3n) is 4.49. The average molecular weight is 254 g/mol. The van der Waals surface area contributed by atoms with Crippen LogP contribution in [-0.2, 0) is 0 Å². The average Bonchev–Trinajstić information content (AvgIpc) is 2.88. The molecule has 1 aliphatic rings. The van der Waals surface area contributed by atoms with E-state index < -0.39 is 0 Å². The molecule has 18 heavy (non-hydrogen) atoms. The van der Waals surface area contributed by atoms with E-state index in [4.69, 9.17) is 0 Å². The van der Waals surface area contributed by atoms with Crippen molar-refractivity contribution in [2.45, 2.75) is 78.3 Å². The Hall–Kier alpha value is -0.0800. The van der Waals surface area contributed by atoms with E-state index in [-0.39, 0.29) is 0 Å². The zero-order valence-corrected chi connectivity index (χ0v) is 13.0. The van der Waals surface area contributed by atoms with Gasteiger partial charge in [-0.05, 0) is 51.1 Å². The van der Waals surface area contributed by atoms with Gasteiger partial charge < -0.3 is 5.32 Å². The molecule has 1 fully saturated rings. The summed E-state index contributed by atoms with van der Waals surface area (Å²) in [6, 6.07) is 1.55. The fourth-order valence-corrected chi connectivity index (χ4v) is 3.11. The fraction of sp³-hybridized carbons (Fsp3) is 1.00. The van der Waals surface area contributed by atoms with Crippen molar-refractivity contribution in [2.75, 3.05) is 19.6 Å². The quantitative estimate of drug-likeness (QED) is 0.675. The van der Waals surface area contributed by atoms with Gasteiger partial charge in [-0.2, -0.15) is 0 Å². The predicted molar refractivity (Wildman–Crippen MR) is 81.0 cm³/mol. The van der Waals surface area contributed by atoms with Crippen molar-refractivity contribution in [2.24, 2.45) is 5.92 Å². The van der Waals surface area contributed by atoms with E-state index in [0.717, 1.165) is 18.0 Å². The van der Waals surface area contributed by atoms with Gasteiger partial charge >= 0.3 is 0 Å². The van der Waals surface area contributed by atoms with Crippen molar-refractivity contribution in [1.82, 2.24) is 10.2 Å². The number of hydrogen-bond donors (Lipinski definition) is 1. The summed E-state index contributed by atoms with van der Waals surface area (Å²) in [5.74, 6) is 0.867. The molecular weight excluding hydrogens is 220 g/mol. The monoisotopic (exact) mass is 254 g/mol. The van der Waals surface area contributed by atoms with E-state index in [1.54, 1.807) is 0 Å². The molecule has 0 aromatic rings. The van der Waals surface area contributed by atoms with E-state index in [1.807, 2.05) is 0 Å². The summed E-state index contributed by atoms with van der Waals surface area (Å²) < 4.78 is 0. The molecule has 1 heterocycles. The zero-order valence-electron chi connectivity index (χ0n) is 13.0. The standard InChI is InChI=1S/C16H34N2/c1-5-11-18(13-15-9-8-10-17-15)16(7-3)12-14(4)6-2/h14-17H,5-13H2,1-4H3. The van der Waals surface area contributed by atoms with Crippen LogP contribution < -0.4 is 5.32 Å². The molecule has 2 heteroatoms. The lowest BCUT2D eigenvalue weighted by Crippen LogP contribution is -2.44. The maximum atomic E-state index is 3.65. The molecular formula is C16H34N2. The topological polar surface area (TPSA) is 15.3 Å². The van der Waals surface area contributed by atoms with Gasteiger partial charge in [0.15, 0.2) is 0 Å². The van der Waals surface area contributed by atoms with Crippen molar-refractivity contribution in [1.29, 1.82) is 0 Å². The molecule has 0 amide bonds. The minimum Gasteiger partial charge on any atom is -0.313 e. The number of nitrogens with one attached hydrogen (secondary N) is 1. The van der Waals surface area contributed by atoms with Gasteiger partial charge in [0, 0.05) is 18.6 Å². The minimum atomic E-state index is 0.752. The molecule has 0 saturated carbocycles.